The first-order chi connectivity index (χ1) is 9.70. The average molecular weight is 346 g/mol. The van der Waals surface area contributed by atoms with E-state index < -0.39 is 0 Å². The van der Waals surface area contributed by atoms with Crippen LogP contribution < -0.4 is 11.1 Å². The maximum atomic E-state index is 11.9. The van der Waals surface area contributed by atoms with E-state index in [1.165, 1.54) is 25.8 Å². The van der Waals surface area contributed by atoms with E-state index in [4.69, 9.17) is 5.73 Å². The van der Waals surface area contributed by atoms with E-state index in [1.54, 1.807) is 0 Å². The standard InChI is InChI=1S/C16H23N3O.2ClH/c17-14-3-1-12(2-4-14)9-16(20)18-10-13-7-8-19(11-13)15-5-6-15;;/h1-4,13,15H,5-11,17H2,(H,18,20);2*1H. The van der Waals surface area contributed by atoms with Crippen molar-refractivity contribution in [3.8, 4) is 0 Å². The van der Waals surface area contributed by atoms with Gasteiger partial charge in [0.15, 0.2) is 0 Å². The summed E-state index contributed by atoms with van der Waals surface area (Å²) in [6.45, 7) is 3.19. The van der Waals surface area contributed by atoms with Crippen LogP contribution in [0.4, 0.5) is 5.69 Å². The highest BCUT2D eigenvalue weighted by Gasteiger charge is 2.34. The maximum absolute atomic E-state index is 11.9. The Hall–Kier alpha value is -0.970. The van der Waals surface area contributed by atoms with Crippen molar-refractivity contribution in [1.29, 1.82) is 0 Å². The number of hydrogen-bond acceptors (Lipinski definition) is 3. The number of carbonyl (C=O) groups is 1. The van der Waals surface area contributed by atoms with Gasteiger partial charge in [-0.05, 0) is 49.4 Å². The van der Waals surface area contributed by atoms with Gasteiger partial charge in [-0.2, -0.15) is 0 Å². The van der Waals surface area contributed by atoms with Crippen LogP contribution in [0.25, 0.3) is 0 Å². The Morgan fingerprint density at radius 3 is 2.50 bits per heavy atom. The molecule has 6 heteroatoms. The van der Waals surface area contributed by atoms with Crippen LogP contribution >= 0.6 is 24.8 Å². The van der Waals surface area contributed by atoms with Crippen LogP contribution in [0.5, 0.6) is 0 Å². The molecule has 1 amide bonds. The number of nitrogens with two attached hydrogens (primary N) is 1. The van der Waals surface area contributed by atoms with Crippen LogP contribution in [0.3, 0.4) is 0 Å². The lowest BCUT2D eigenvalue weighted by atomic mass is 10.1. The molecule has 1 aliphatic carbocycles. The molecule has 1 aromatic rings. The zero-order valence-electron chi connectivity index (χ0n) is 12.7. The summed E-state index contributed by atoms with van der Waals surface area (Å²) >= 11 is 0. The number of likely N-dealkylation sites (tertiary alicyclic amines) is 1. The summed E-state index contributed by atoms with van der Waals surface area (Å²) in [5.74, 6) is 0.741. The first-order valence-electron chi connectivity index (χ1n) is 7.56. The van der Waals surface area contributed by atoms with Gasteiger partial charge < -0.3 is 16.0 Å². The SMILES string of the molecule is Cl.Cl.Nc1ccc(CC(=O)NCC2CCN(C3CC3)C2)cc1. The van der Waals surface area contributed by atoms with E-state index in [0.717, 1.165) is 30.4 Å². The normalized spacial score (nSPS) is 20.8. The van der Waals surface area contributed by atoms with Gasteiger partial charge in [0, 0.05) is 24.8 Å². The van der Waals surface area contributed by atoms with Crippen LogP contribution in [-0.2, 0) is 11.2 Å². The van der Waals surface area contributed by atoms with Crippen LogP contribution in [0.15, 0.2) is 24.3 Å². The smallest absolute Gasteiger partial charge is 0.224 e. The molecule has 1 saturated heterocycles. The number of anilines is 1. The molecule has 22 heavy (non-hydrogen) atoms. The van der Waals surface area contributed by atoms with Crippen molar-refractivity contribution < 1.29 is 4.79 Å². The minimum atomic E-state index is 0. The third-order valence-electron chi connectivity index (χ3n) is 4.31. The van der Waals surface area contributed by atoms with E-state index in [0.29, 0.717) is 12.3 Å². The third kappa shape index (κ3) is 5.34. The third-order valence-corrected chi connectivity index (χ3v) is 4.31. The molecule has 0 bridgehead atoms. The van der Waals surface area contributed by atoms with Gasteiger partial charge in [-0.15, -0.1) is 24.8 Å². The van der Waals surface area contributed by atoms with Gasteiger partial charge >= 0.3 is 0 Å². The number of nitrogens with one attached hydrogen (secondary N) is 1. The van der Waals surface area contributed by atoms with Crippen LogP contribution in [0.1, 0.15) is 24.8 Å². The number of hydrogen-bond donors (Lipinski definition) is 2. The van der Waals surface area contributed by atoms with Gasteiger partial charge in [-0.25, -0.2) is 0 Å². The number of halogens is 2. The number of amides is 1. The predicted molar refractivity (Wildman–Crippen MR) is 94.8 cm³/mol. The molecule has 124 valence electrons. The Morgan fingerprint density at radius 2 is 1.86 bits per heavy atom. The summed E-state index contributed by atoms with van der Waals surface area (Å²) in [5, 5.41) is 3.07. The van der Waals surface area contributed by atoms with Gasteiger partial charge in [-0.1, -0.05) is 12.1 Å². The lowest BCUT2D eigenvalue weighted by Gasteiger charge is -2.15. The molecule has 1 saturated carbocycles. The number of rotatable bonds is 5. The molecule has 1 aliphatic heterocycles. The van der Waals surface area contributed by atoms with Crippen molar-refractivity contribution in [1.82, 2.24) is 10.2 Å². The lowest BCUT2D eigenvalue weighted by Crippen LogP contribution is -2.32. The van der Waals surface area contributed by atoms with Crippen molar-refractivity contribution in [2.24, 2.45) is 5.92 Å². The number of nitrogens with zero attached hydrogens (tertiary/aromatic N) is 1. The first-order valence-corrected chi connectivity index (χ1v) is 7.56. The summed E-state index contributed by atoms with van der Waals surface area (Å²) in [4.78, 5) is 14.5. The molecule has 3 N–H and O–H groups in total. The zero-order valence-corrected chi connectivity index (χ0v) is 14.3. The first kappa shape index (κ1) is 19.1. The highest BCUT2D eigenvalue weighted by molar-refractivity contribution is 5.85. The molecule has 0 aromatic heterocycles. The van der Waals surface area contributed by atoms with Crippen molar-refractivity contribution in [3.63, 3.8) is 0 Å². The Kier molecular flexibility index (Phi) is 7.46. The molecule has 0 spiro atoms. The van der Waals surface area contributed by atoms with Gasteiger partial charge in [0.2, 0.25) is 5.91 Å². The quantitative estimate of drug-likeness (QED) is 0.804. The fourth-order valence-electron chi connectivity index (χ4n) is 2.94. The van der Waals surface area contributed by atoms with E-state index in [1.807, 2.05) is 24.3 Å². The molecule has 2 fully saturated rings. The highest BCUT2D eigenvalue weighted by Crippen LogP contribution is 2.31. The Labute approximate surface area is 144 Å². The summed E-state index contributed by atoms with van der Waals surface area (Å²) in [6, 6.07) is 8.37. The van der Waals surface area contributed by atoms with Crippen LogP contribution in [0.2, 0.25) is 0 Å². The Balaban J connectivity index is 0.00000121. The summed E-state index contributed by atoms with van der Waals surface area (Å²) in [6.07, 6.45) is 4.41. The topological polar surface area (TPSA) is 58.4 Å². The van der Waals surface area contributed by atoms with E-state index in [-0.39, 0.29) is 30.7 Å². The van der Waals surface area contributed by atoms with E-state index in [9.17, 15) is 4.79 Å². The molecule has 4 nitrogen and oxygen atoms in total. The zero-order chi connectivity index (χ0) is 13.9. The second kappa shape index (κ2) is 8.61. The summed E-state index contributed by atoms with van der Waals surface area (Å²) < 4.78 is 0. The van der Waals surface area contributed by atoms with Gasteiger partial charge in [0.1, 0.15) is 0 Å². The average Bonchev–Trinajstić information content (AvgIpc) is 3.18. The van der Waals surface area contributed by atoms with E-state index in [2.05, 4.69) is 10.2 Å². The molecule has 0 radical (unpaired) electrons. The van der Waals surface area contributed by atoms with Crippen molar-refractivity contribution in [2.45, 2.75) is 31.7 Å². The second-order valence-electron chi connectivity index (χ2n) is 6.10. The molecule has 1 aromatic carbocycles. The predicted octanol–water partition coefficient (Wildman–Crippen LogP) is 2.26. The van der Waals surface area contributed by atoms with Crippen molar-refractivity contribution >= 4 is 36.4 Å². The fourth-order valence-corrected chi connectivity index (χ4v) is 2.94. The maximum Gasteiger partial charge on any atom is 0.224 e. The molecule has 1 unspecified atom stereocenters. The van der Waals surface area contributed by atoms with Gasteiger partial charge in [0.05, 0.1) is 6.42 Å². The highest BCUT2D eigenvalue weighted by atomic mass is 35.5. The van der Waals surface area contributed by atoms with Crippen molar-refractivity contribution in [3.05, 3.63) is 29.8 Å². The second-order valence-corrected chi connectivity index (χ2v) is 6.10. The van der Waals surface area contributed by atoms with Crippen molar-refractivity contribution in [2.75, 3.05) is 25.4 Å². The number of nitrogen functional groups attached to an aromatic ring is 1. The molecule has 3 rings (SSSR count). The number of benzene rings is 1. The summed E-state index contributed by atoms with van der Waals surface area (Å²) in [7, 11) is 0. The van der Waals surface area contributed by atoms with Gasteiger partial charge in [-0.3, -0.25) is 4.79 Å². The minimum Gasteiger partial charge on any atom is -0.399 e. The Bertz CT molecular complexity index is 477. The van der Waals surface area contributed by atoms with Crippen LogP contribution in [-0.4, -0.2) is 36.5 Å². The molecule has 1 heterocycles. The molecular formula is C16H25Cl2N3O. The van der Waals surface area contributed by atoms with E-state index >= 15 is 0 Å². The monoisotopic (exact) mass is 345 g/mol. The van der Waals surface area contributed by atoms with Gasteiger partial charge in [0.25, 0.3) is 0 Å². The lowest BCUT2D eigenvalue weighted by molar-refractivity contribution is -0.120. The number of carbonyl (C=O) groups excluding carboxylic acids is 1. The Morgan fingerprint density at radius 1 is 1.18 bits per heavy atom. The summed E-state index contributed by atoms with van der Waals surface area (Å²) in [5.41, 5.74) is 7.39. The molecule has 1 atom stereocenters. The largest absolute Gasteiger partial charge is 0.399 e. The van der Waals surface area contributed by atoms with Crippen LogP contribution in [0, 0.1) is 5.92 Å². The molecular weight excluding hydrogens is 321 g/mol. The molecule has 2 aliphatic rings. The fraction of sp³-hybridized carbons (Fsp3) is 0.562. The minimum absolute atomic E-state index is 0.